The van der Waals surface area contributed by atoms with Gasteiger partial charge in [-0.05, 0) is 70.0 Å². The molecule has 29 heavy (non-hydrogen) atoms. The number of carbonyl (C=O) groups is 2. The van der Waals surface area contributed by atoms with E-state index in [1.54, 1.807) is 24.3 Å². The highest BCUT2D eigenvalue weighted by Gasteiger charge is 2.26. The average molecular weight is 403 g/mol. The minimum absolute atomic E-state index is 0.00441. The molecule has 2 amide bonds. The Bertz CT molecular complexity index is 676. The summed E-state index contributed by atoms with van der Waals surface area (Å²) in [4.78, 5) is 28.2. The second-order valence-corrected chi connectivity index (χ2v) is 8.50. The van der Waals surface area contributed by atoms with Crippen LogP contribution in [0.3, 0.4) is 0 Å². The quantitative estimate of drug-likeness (QED) is 0.728. The second kappa shape index (κ2) is 10.2. The molecule has 3 rings (SSSR count). The lowest BCUT2D eigenvalue weighted by Crippen LogP contribution is -2.48. The first-order chi connectivity index (χ1) is 13.9. The number of primary amides is 1. The monoisotopic (exact) mass is 402 g/mol. The van der Waals surface area contributed by atoms with Crippen LogP contribution in [0.1, 0.15) is 43.5 Å². The highest BCUT2D eigenvalue weighted by atomic mass is 16.5. The van der Waals surface area contributed by atoms with Crippen molar-refractivity contribution in [1.29, 1.82) is 0 Å². The molecule has 1 aromatic rings. The van der Waals surface area contributed by atoms with Gasteiger partial charge in [0.05, 0.1) is 12.2 Å². The molecule has 2 aliphatic heterocycles. The molecule has 0 aromatic heterocycles. The number of benzene rings is 1. The molecule has 2 fully saturated rings. The minimum Gasteiger partial charge on any atom is -0.373 e. The van der Waals surface area contributed by atoms with Crippen LogP contribution in [0.15, 0.2) is 24.3 Å². The van der Waals surface area contributed by atoms with Crippen LogP contribution in [0.2, 0.25) is 0 Å². The molecule has 0 saturated carbocycles. The fourth-order valence-corrected chi connectivity index (χ4v) is 4.39. The predicted molar refractivity (Wildman–Crippen MR) is 114 cm³/mol. The predicted octanol–water partition coefficient (Wildman–Crippen LogP) is 1.94. The smallest absolute Gasteiger partial charge is 0.248 e. The van der Waals surface area contributed by atoms with Gasteiger partial charge in [-0.2, -0.15) is 0 Å². The summed E-state index contributed by atoms with van der Waals surface area (Å²) >= 11 is 0. The lowest BCUT2D eigenvalue weighted by Gasteiger charge is -2.39. The number of amides is 2. The van der Waals surface area contributed by atoms with Crippen molar-refractivity contribution >= 4 is 17.5 Å². The average Bonchev–Trinajstić information content (AvgIpc) is 2.67. The molecule has 7 heteroatoms. The molecule has 2 unspecified atom stereocenters. The number of nitrogens with zero attached hydrogens (tertiary/aromatic N) is 2. The standard InChI is InChI=1S/C22H34N4O3/c1-16-13-26(14-17(2)29-16)15-18-7-10-25(11-8-18)12-9-21(27)24-20-5-3-19(4-6-20)22(23)28/h3-6,16-18H,7-15H2,1-2H3,(H2,23,28)(H,24,27). The number of carbonyl (C=O) groups excluding carboxylic acids is 2. The maximum atomic E-state index is 12.2. The molecule has 2 heterocycles. The third-order valence-corrected chi connectivity index (χ3v) is 5.83. The summed E-state index contributed by atoms with van der Waals surface area (Å²) in [5, 5.41) is 2.88. The van der Waals surface area contributed by atoms with Gasteiger partial charge >= 0.3 is 0 Å². The normalized spacial score (nSPS) is 24.3. The highest BCUT2D eigenvalue weighted by Crippen LogP contribution is 2.21. The summed E-state index contributed by atoms with van der Waals surface area (Å²) in [7, 11) is 0. The Kier molecular flexibility index (Phi) is 7.64. The van der Waals surface area contributed by atoms with Gasteiger partial charge in [-0.1, -0.05) is 0 Å². The SMILES string of the molecule is CC1CN(CC2CCN(CCC(=O)Nc3ccc(C(N)=O)cc3)CC2)CC(C)O1. The van der Waals surface area contributed by atoms with Crippen LogP contribution in [-0.2, 0) is 9.53 Å². The molecule has 0 aliphatic carbocycles. The number of nitrogens with two attached hydrogens (primary N) is 1. The third-order valence-electron chi connectivity index (χ3n) is 5.83. The van der Waals surface area contributed by atoms with Gasteiger partial charge in [0.2, 0.25) is 11.8 Å². The molecule has 2 aliphatic rings. The molecule has 2 atom stereocenters. The zero-order valence-electron chi connectivity index (χ0n) is 17.6. The van der Waals surface area contributed by atoms with Crippen LogP contribution >= 0.6 is 0 Å². The van der Waals surface area contributed by atoms with Gasteiger partial charge < -0.3 is 20.7 Å². The van der Waals surface area contributed by atoms with Gasteiger partial charge in [0.25, 0.3) is 0 Å². The minimum atomic E-state index is -0.469. The molecule has 0 spiro atoms. The first-order valence-electron chi connectivity index (χ1n) is 10.7. The largest absolute Gasteiger partial charge is 0.373 e. The van der Waals surface area contributed by atoms with Gasteiger partial charge in [0, 0.05) is 43.9 Å². The zero-order chi connectivity index (χ0) is 20.8. The van der Waals surface area contributed by atoms with Crippen LogP contribution in [0.5, 0.6) is 0 Å². The lowest BCUT2D eigenvalue weighted by molar-refractivity contribution is -0.116. The van der Waals surface area contributed by atoms with Gasteiger partial charge in [0.15, 0.2) is 0 Å². The van der Waals surface area contributed by atoms with Gasteiger partial charge in [0.1, 0.15) is 0 Å². The molecular weight excluding hydrogens is 368 g/mol. The zero-order valence-corrected chi connectivity index (χ0v) is 17.6. The van der Waals surface area contributed by atoms with Crippen LogP contribution in [0.25, 0.3) is 0 Å². The number of nitrogens with one attached hydrogen (secondary N) is 1. The molecule has 1 aromatic carbocycles. The molecule has 2 saturated heterocycles. The van der Waals surface area contributed by atoms with E-state index in [4.69, 9.17) is 10.5 Å². The van der Waals surface area contributed by atoms with Crippen molar-refractivity contribution in [3.63, 3.8) is 0 Å². The first kappa shape index (κ1) is 21.7. The Hall–Kier alpha value is -1.96. The summed E-state index contributed by atoms with van der Waals surface area (Å²) in [6.45, 7) is 10.4. The van der Waals surface area contributed by atoms with E-state index < -0.39 is 5.91 Å². The Labute approximate surface area is 173 Å². The number of rotatable bonds is 7. The molecular formula is C22H34N4O3. The fraction of sp³-hybridized carbons (Fsp3) is 0.636. The van der Waals surface area contributed by atoms with Crippen LogP contribution in [0, 0.1) is 5.92 Å². The van der Waals surface area contributed by atoms with Crippen LogP contribution < -0.4 is 11.1 Å². The first-order valence-corrected chi connectivity index (χ1v) is 10.7. The second-order valence-electron chi connectivity index (χ2n) is 8.50. The van der Waals surface area contributed by atoms with Gasteiger partial charge in [-0.25, -0.2) is 0 Å². The van der Waals surface area contributed by atoms with Crippen molar-refractivity contribution in [3.8, 4) is 0 Å². The molecule has 160 valence electrons. The van der Waals surface area contributed by atoms with E-state index in [1.807, 2.05) is 0 Å². The summed E-state index contributed by atoms with van der Waals surface area (Å²) in [5.74, 6) is 0.264. The molecule has 3 N–H and O–H groups in total. The van der Waals surface area contributed by atoms with Crippen molar-refractivity contribution in [2.45, 2.75) is 45.3 Å². The third kappa shape index (κ3) is 6.80. The van der Waals surface area contributed by atoms with Crippen LogP contribution in [-0.4, -0.2) is 73.1 Å². The Morgan fingerprint density at radius 3 is 2.28 bits per heavy atom. The molecule has 7 nitrogen and oxygen atoms in total. The van der Waals surface area contributed by atoms with E-state index in [1.165, 1.54) is 12.8 Å². The van der Waals surface area contributed by atoms with E-state index in [0.717, 1.165) is 45.2 Å². The van der Waals surface area contributed by atoms with Crippen molar-refractivity contribution in [2.75, 3.05) is 44.6 Å². The summed E-state index contributed by atoms with van der Waals surface area (Å²) in [6.07, 6.45) is 3.50. The van der Waals surface area contributed by atoms with E-state index in [9.17, 15) is 9.59 Å². The number of morpholine rings is 1. The van der Waals surface area contributed by atoms with E-state index in [-0.39, 0.29) is 5.91 Å². The topological polar surface area (TPSA) is 87.9 Å². The van der Waals surface area contributed by atoms with Crippen molar-refractivity contribution in [1.82, 2.24) is 9.80 Å². The number of hydrogen-bond donors (Lipinski definition) is 2. The number of ether oxygens (including phenoxy) is 1. The maximum Gasteiger partial charge on any atom is 0.248 e. The lowest BCUT2D eigenvalue weighted by atomic mass is 9.95. The number of likely N-dealkylation sites (tertiary alicyclic amines) is 1. The Morgan fingerprint density at radius 1 is 1.07 bits per heavy atom. The van der Waals surface area contributed by atoms with Crippen molar-refractivity contribution in [2.24, 2.45) is 11.7 Å². The van der Waals surface area contributed by atoms with Crippen molar-refractivity contribution in [3.05, 3.63) is 29.8 Å². The Morgan fingerprint density at radius 2 is 1.69 bits per heavy atom. The fourth-order valence-electron chi connectivity index (χ4n) is 4.39. The van der Waals surface area contributed by atoms with Crippen molar-refractivity contribution < 1.29 is 14.3 Å². The highest BCUT2D eigenvalue weighted by molar-refractivity contribution is 5.94. The van der Waals surface area contributed by atoms with Gasteiger partial charge in [-0.3, -0.25) is 14.5 Å². The summed E-state index contributed by atoms with van der Waals surface area (Å²) in [5.41, 5.74) is 6.35. The number of piperidine rings is 1. The summed E-state index contributed by atoms with van der Waals surface area (Å²) < 4.78 is 5.83. The molecule has 0 radical (unpaired) electrons. The van der Waals surface area contributed by atoms with E-state index >= 15 is 0 Å². The summed E-state index contributed by atoms with van der Waals surface area (Å²) in [6, 6.07) is 6.66. The number of hydrogen-bond acceptors (Lipinski definition) is 5. The maximum absolute atomic E-state index is 12.2. The van der Waals surface area contributed by atoms with E-state index in [0.29, 0.717) is 29.9 Å². The molecule has 0 bridgehead atoms. The van der Waals surface area contributed by atoms with Crippen LogP contribution in [0.4, 0.5) is 5.69 Å². The Balaban J connectivity index is 1.34. The van der Waals surface area contributed by atoms with Gasteiger partial charge in [-0.15, -0.1) is 0 Å². The van der Waals surface area contributed by atoms with E-state index in [2.05, 4.69) is 29.0 Å². The number of anilines is 1.